The average molecular weight is 280 g/mol. The smallest absolute Gasteiger partial charge is 0.274 e. The Hall–Kier alpha value is -1.89. The van der Waals surface area contributed by atoms with E-state index in [1.54, 1.807) is 22.6 Å². The van der Waals surface area contributed by atoms with Crippen LogP contribution in [0.5, 0.6) is 0 Å². The van der Waals surface area contributed by atoms with Gasteiger partial charge in [0.25, 0.3) is 11.8 Å². The molecule has 7 nitrogen and oxygen atoms in total. The summed E-state index contributed by atoms with van der Waals surface area (Å²) < 4.78 is 7.16. The predicted molar refractivity (Wildman–Crippen MR) is 72.1 cm³/mol. The average Bonchev–Trinajstić information content (AvgIpc) is 2.79. The van der Waals surface area contributed by atoms with Gasteiger partial charge in [0.1, 0.15) is 0 Å². The first-order valence-electron chi connectivity index (χ1n) is 6.65. The molecule has 7 heteroatoms. The van der Waals surface area contributed by atoms with Crippen molar-refractivity contribution in [2.75, 3.05) is 19.7 Å². The van der Waals surface area contributed by atoms with Crippen molar-refractivity contribution in [2.45, 2.75) is 32.9 Å². The van der Waals surface area contributed by atoms with Crippen molar-refractivity contribution >= 4 is 11.8 Å². The zero-order valence-corrected chi connectivity index (χ0v) is 12.0. The Labute approximate surface area is 117 Å². The van der Waals surface area contributed by atoms with Crippen LogP contribution in [0.4, 0.5) is 0 Å². The van der Waals surface area contributed by atoms with E-state index in [-0.39, 0.29) is 12.5 Å². The first kappa shape index (κ1) is 14.5. The van der Waals surface area contributed by atoms with Crippen molar-refractivity contribution in [3.63, 3.8) is 0 Å². The van der Waals surface area contributed by atoms with E-state index in [9.17, 15) is 9.59 Å². The van der Waals surface area contributed by atoms with Crippen LogP contribution in [0, 0.1) is 6.92 Å². The predicted octanol–water partition coefficient (Wildman–Crippen LogP) is -0.0722. The molecule has 0 saturated carbocycles. The molecule has 1 aromatic heterocycles. The van der Waals surface area contributed by atoms with Crippen LogP contribution in [-0.4, -0.2) is 51.8 Å². The molecule has 0 radical (unpaired) electrons. The van der Waals surface area contributed by atoms with Gasteiger partial charge in [0.05, 0.1) is 13.2 Å². The van der Waals surface area contributed by atoms with E-state index < -0.39 is 11.5 Å². The lowest BCUT2D eigenvalue weighted by atomic mass is 10.0. The standard InChI is InChI=1S/C13H20N4O3/c1-4-17-9(2)7-10(15-17)11(18)16-5-6-20-13(3,8-16)12(14)19/h7H,4-6,8H2,1-3H3,(H2,14,19). The summed E-state index contributed by atoms with van der Waals surface area (Å²) in [5.41, 5.74) is 5.52. The molecule has 1 aliphatic heterocycles. The lowest BCUT2D eigenvalue weighted by Crippen LogP contribution is -2.58. The Morgan fingerprint density at radius 3 is 2.80 bits per heavy atom. The largest absolute Gasteiger partial charge is 0.367 e. The minimum Gasteiger partial charge on any atom is -0.367 e. The van der Waals surface area contributed by atoms with Crippen LogP contribution >= 0.6 is 0 Å². The Kier molecular flexibility index (Phi) is 3.80. The van der Waals surface area contributed by atoms with Crippen molar-refractivity contribution < 1.29 is 14.3 Å². The topological polar surface area (TPSA) is 90.4 Å². The number of ether oxygens (including phenoxy) is 1. The molecule has 1 aliphatic rings. The molecule has 2 amide bonds. The summed E-state index contributed by atoms with van der Waals surface area (Å²) in [5, 5.41) is 4.26. The number of hydrogen-bond donors (Lipinski definition) is 1. The number of aromatic nitrogens is 2. The highest BCUT2D eigenvalue weighted by atomic mass is 16.5. The number of amides is 2. The van der Waals surface area contributed by atoms with Crippen LogP contribution in [0.3, 0.4) is 0 Å². The van der Waals surface area contributed by atoms with Gasteiger partial charge in [-0.3, -0.25) is 14.3 Å². The third-order valence-electron chi connectivity index (χ3n) is 3.58. The second-order valence-electron chi connectivity index (χ2n) is 5.16. The third kappa shape index (κ3) is 2.53. The van der Waals surface area contributed by atoms with E-state index >= 15 is 0 Å². The van der Waals surface area contributed by atoms with Gasteiger partial charge in [0.15, 0.2) is 11.3 Å². The highest BCUT2D eigenvalue weighted by molar-refractivity contribution is 5.93. The van der Waals surface area contributed by atoms with Crippen molar-refractivity contribution in [1.82, 2.24) is 14.7 Å². The highest BCUT2D eigenvalue weighted by Crippen LogP contribution is 2.19. The van der Waals surface area contributed by atoms with Gasteiger partial charge in [-0.15, -0.1) is 0 Å². The Bertz CT molecular complexity index is 540. The molecule has 2 N–H and O–H groups in total. The molecule has 2 rings (SSSR count). The number of nitrogens with zero attached hydrogens (tertiary/aromatic N) is 3. The summed E-state index contributed by atoms with van der Waals surface area (Å²) in [7, 11) is 0. The number of primary amides is 1. The van der Waals surface area contributed by atoms with Gasteiger partial charge in [-0.05, 0) is 26.8 Å². The summed E-state index contributed by atoms with van der Waals surface area (Å²) in [6, 6.07) is 1.75. The lowest BCUT2D eigenvalue weighted by Gasteiger charge is -2.37. The number of hydrogen-bond acceptors (Lipinski definition) is 4. The second kappa shape index (κ2) is 5.24. The molecule has 0 aromatic carbocycles. The molecule has 0 aliphatic carbocycles. The Balaban J connectivity index is 2.18. The number of morpholine rings is 1. The van der Waals surface area contributed by atoms with Gasteiger partial charge in [0, 0.05) is 18.8 Å². The minimum atomic E-state index is -1.13. The van der Waals surface area contributed by atoms with Gasteiger partial charge in [-0.1, -0.05) is 0 Å². The van der Waals surface area contributed by atoms with E-state index in [1.807, 2.05) is 13.8 Å². The monoisotopic (exact) mass is 280 g/mol. The van der Waals surface area contributed by atoms with Gasteiger partial charge in [-0.25, -0.2) is 0 Å². The zero-order chi connectivity index (χ0) is 14.9. The molecule has 1 aromatic rings. The fraction of sp³-hybridized carbons (Fsp3) is 0.615. The summed E-state index contributed by atoms with van der Waals surface area (Å²) in [6.45, 7) is 7.05. The van der Waals surface area contributed by atoms with Crippen molar-refractivity contribution in [1.29, 1.82) is 0 Å². The van der Waals surface area contributed by atoms with E-state index in [1.165, 1.54) is 0 Å². The Morgan fingerprint density at radius 2 is 2.25 bits per heavy atom. The van der Waals surface area contributed by atoms with Crippen LogP contribution in [0.25, 0.3) is 0 Å². The molecule has 110 valence electrons. The number of aryl methyl sites for hydroxylation is 2. The summed E-state index contributed by atoms with van der Waals surface area (Å²) in [4.78, 5) is 25.4. The van der Waals surface area contributed by atoms with Gasteiger partial charge in [0.2, 0.25) is 0 Å². The first-order chi connectivity index (χ1) is 9.37. The molecule has 1 saturated heterocycles. The molecule has 0 spiro atoms. The number of nitrogens with two attached hydrogens (primary N) is 1. The third-order valence-corrected chi connectivity index (χ3v) is 3.58. The maximum Gasteiger partial charge on any atom is 0.274 e. The van der Waals surface area contributed by atoms with Crippen LogP contribution in [-0.2, 0) is 16.1 Å². The lowest BCUT2D eigenvalue weighted by molar-refractivity contribution is -0.150. The molecule has 1 fully saturated rings. The normalized spacial score (nSPS) is 22.9. The van der Waals surface area contributed by atoms with E-state index in [2.05, 4.69) is 5.10 Å². The van der Waals surface area contributed by atoms with E-state index in [4.69, 9.17) is 10.5 Å². The minimum absolute atomic E-state index is 0.152. The fourth-order valence-corrected chi connectivity index (χ4v) is 2.29. The highest BCUT2D eigenvalue weighted by Gasteiger charge is 2.39. The van der Waals surface area contributed by atoms with Crippen LogP contribution in [0.15, 0.2) is 6.07 Å². The van der Waals surface area contributed by atoms with Crippen molar-refractivity contribution in [3.05, 3.63) is 17.5 Å². The number of rotatable bonds is 3. The first-order valence-corrected chi connectivity index (χ1v) is 6.65. The van der Waals surface area contributed by atoms with Crippen molar-refractivity contribution in [3.8, 4) is 0 Å². The molecular weight excluding hydrogens is 260 g/mol. The van der Waals surface area contributed by atoms with Gasteiger partial charge < -0.3 is 15.4 Å². The molecule has 20 heavy (non-hydrogen) atoms. The van der Waals surface area contributed by atoms with E-state index in [0.29, 0.717) is 25.4 Å². The SMILES string of the molecule is CCn1nc(C(=O)N2CCOC(C)(C(N)=O)C2)cc1C. The summed E-state index contributed by atoms with van der Waals surface area (Å²) in [6.07, 6.45) is 0. The van der Waals surface area contributed by atoms with Crippen LogP contribution < -0.4 is 5.73 Å². The number of carbonyl (C=O) groups excluding carboxylic acids is 2. The Morgan fingerprint density at radius 1 is 1.55 bits per heavy atom. The molecular formula is C13H20N4O3. The van der Waals surface area contributed by atoms with Crippen LogP contribution in [0.1, 0.15) is 30.0 Å². The number of carbonyl (C=O) groups is 2. The van der Waals surface area contributed by atoms with Gasteiger partial charge in [-0.2, -0.15) is 5.10 Å². The van der Waals surface area contributed by atoms with E-state index in [0.717, 1.165) is 5.69 Å². The second-order valence-corrected chi connectivity index (χ2v) is 5.16. The summed E-state index contributed by atoms with van der Waals surface area (Å²) in [5.74, 6) is -0.763. The van der Waals surface area contributed by atoms with Gasteiger partial charge >= 0.3 is 0 Å². The molecule has 1 atom stereocenters. The summed E-state index contributed by atoms with van der Waals surface area (Å²) >= 11 is 0. The quantitative estimate of drug-likeness (QED) is 0.839. The molecule has 1 unspecified atom stereocenters. The zero-order valence-electron chi connectivity index (χ0n) is 12.0. The molecule has 2 heterocycles. The van der Waals surface area contributed by atoms with Crippen molar-refractivity contribution in [2.24, 2.45) is 5.73 Å². The molecule has 0 bridgehead atoms. The fourth-order valence-electron chi connectivity index (χ4n) is 2.29. The van der Waals surface area contributed by atoms with Crippen LogP contribution in [0.2, 0.25) is 0 Å². The maximum absolute atomic E-state index is 12.4. The maximum atomic E-state index is 12.4.